The lowest BCUT2D eigenvalue weighted by atomic mass is 10.1. The molecule has 4 aromatic rings. The van der Waals surface area contributed by atoms with E-state index in [1.807, 2.05) is 50.2 Å². The van der Waals surface area contributed by atoms with E-state index in [0.717, 1.165) is 26.7 Å². The molecule has 0 radical (unpaired) electrons. The maximum atomic E-state index is 14.2. The van der Waals surface area contributed by atoms with Crippen LogP contribution in [0.15, 0.2) is 30.3 Å². The van der Waals surface area contributed by atoms with Crippen LogP contribution in [0.2, 0.25) is 0 Å². The van der Waals surface area contributed by atoms with Gasteiger partial charge in [-0.3, -0.25) is 4.79 Å². The van der Waals surface area contributed by atoms with Crippen LogP contribution in [-0.2, 0) is 0 Å². The number of pyridine rings is 1. The van der Waals surface area contributed by atoms with Crippen molar-refractivity contribution in [1.82, 2.24) is 25.2 Å². The van der Waals surface area contributed by atoms with E-state index in [9.17, 15) is 9.18 Å². The van der Waals surface area contributed by atoms with E-state index >= 15 is 0 Å². The Hall–Kier alpha value is -3.57. The molecule has 9 nitrogen and oxygen atoms in total. The number of anilines is 3. The molecule has 0 fully saturated rings. The number of benzene rings is 1. The number of aromatic nitrogens is 3. The van der Waals surface area contributed by atoms with Gasteiger partial charge in [0.05, 0.1) is 11.2 Å². The van der Waals surface area contributed by atoms with E-state index in [1.54, 1.807) is 11.9 Å². The topological polar surface area (TPSA) is 95.5 Å². The van der Waals surface area contributed by atoms with Crippen molar-refractivity contribution in [1.29, 1.82) is 0 Å². The first-order valence-corrected chi connectivity index (χ1v) is 12.1. The van der Waals surface area contributed by atoms with Crippen molar-refractivity contribution in [3.63, 3.8) is 0 Å². The fourth-order valence-electron chi connectivity index (χ4n) is 3.96. The van der Waals surface area contributed by atoms with Gasteiger partial charge in [-0.2, -0.15) is 14.4 Å². The van der Waals surface area contributed by atoms with Gasteiger partial charge in [0.15, 0.2) is 0 Å². The molecule has 0 spiro atoms. The van der Waals surface area contributed by atoms with E-state index in [2.05, 4.69) is 20.6 Å². The van der Waals surface area contributed by atoms with Crippen LogP contribution in [0.5, 0.6) is 6.01 Å². The van der Waals surface area contributed by atoms with E-state index in [1.165, 1.54) is 17.4 Å². The number of thiophene rings is 1. The van der Waals surface area contributed by atoms with Crippen molar-refractivity contribution in [2.45, 2.75) is 13.0 Å². The van der Waals surface area contributed by atoms with E-state index in [0.29, 0.717) is 36.2 Å². The summed E-state index contributed by atoms with van der Waals surface area (Å²) in [5, 5.41) is 8.36. The molecule has 1 aliphatic heterocycles. The summed E-state index contributed by atoms with van der Waals surface area (Å²) >= 11 is 1.47. The van der Waals surface area contributed by atoms with Gasteiger partial charge in [-0.25, -0.2) is 4.98 Å². The molecule has 1 aromatic carbocycles. The number of halogens is 1. The molecule has 35 heavy (non-hydrogen) atoms. The number of nitrogens with one attached hydrogen (secondary N) is 2. The van der Waals surface area contributed by atoms with Crippen molar-refractivity contribution in [2.75, 3.05) is 51.1 Å². The predicted molar refractivity (Wildman–Crippen MR) is 137 cm³/mol. The van der Waals surface area contributed by atoms with Crippen LogP contribution in [0.25, 0.3) is 21.0 Å². The summed E-state index contributed by atoms with van der Waals surface area (Å²) in [5.74, 6) is 0.186. The molecule has 3 aromatic heterocycles. The third kappa shape index (κ3) is 4.56. The summed E-state index contributed by atoms with van der Waals surface area (Å²) in [6.45, 7) is 3.63. The molecule has 1 aliphatic rings. The molecule has 0 unspecified atom stereocenters. The Morgan fingerprint density at radius 2 is 1.97 bits per heavy atom. The molecule has 0 aliphatic carbocycles. The zero-order chi connectivity index (χ0) is 24.7. The number of carbonyl (C=O) groups excluding carboxylic acids is 1. The molecule has 2 N–H and O–H groups in total. The Morgan fingerprint density at radius 3 is 2.77 bits per heavy atom. The summed E-state index contributed by atoms with van der Waals surface area (Å²) in [7, 11) is 5.61. The maximum absolute atomic E-state index is 14.2. The second-order valence-corrected chi connectivity index (χ2v) is 9.83. The summed E-state index contributed by atoms with van der Waals surface area (Å²) in [6, 6.07) is 9.01. The third-order valence-electron chi connectivity index (χ3n) is 5.79. The summed E-state index contributed by atoms with van der Waals surface area (Å²) in [6.07, 6.45) is 0. The molecule has 11 heteroatoms. The first kappa shape index (κ1) is 23.2. The largest absolute Gasteiger partial charge is 0.462 e. The maximum Gasteiger partial charge on any atom is 0.321 e. The Bertz CT molecular complexity index is 1420. The number of likely N-dealkylation sites (N-methyl/N-ethyl adjacent to an activating group) is 1. The van der Waals surface area contributed by atoms with Crippen molar-refractivity contribution >= 4 is 55.6 Å². The van der Waals surface area contributed by atoms with E-state index in [4.69, 9.17) is 9.72 Å². The zero-order valence-corrected chi connectivity index (χ0v) is 20.7. The minimum Gasteiger partial charge on any atom is -0.462 e. The van der Waals surface area contributed by atoms with Crippen molar-refractivity contribution in [2.24, 2.45) is 0 Å². The highest BCUT2D eigenvalue weighted by Crippen LogP contribution is 2.41. The molecular weight excluding hydrogens is 469 g/mol. The molecule has 0 saturated carbocycles. The number of hydrogen-bond acceptors (Lipinski definition) is 9. The van der Waals surface area contributed by atoms with Crippen molar-refractivity contribution in [3.05, 3.63) is 41.2 Å². The SMILES string of the molecule is C[C@@H]1CNc2c(sc3ccc4nc(N(C)c5cc(F)nc(OCCN(C)C)n5)ccc4c23)C(=O)N1. The average molecular weight is 496 g/mol. The highest BCUT2D eigenvalue weighted by molar-refractivity contribution is 7.21. The molecule has 1 amide bonds. The van der Waals surface area contributed by atoms with Gasteiger partial charge in [0, 0.05) is 47.7 Å². The quantitative estimate of drug-likeness (QED) is 0.392. The van der Waals surface area contributed by atoms with Gasteiger partial charge < -0.3 is 25.2 Å². The van der Waals surface area contributed by atoms with Crippen molar-refractivity contribution in [3.8, 4) is 6.01 Å². The summed E-state index contributed by atoms with van der Waals surface area (Å²) < 4.78 is 20.7. The van der Waals surface area contributed by atoms with Gasteiger partial charge in [0.25, 0.3) is 5.91 Å². The summed E-state index contributed by atoms with van der Waals surface area (Å²) in [4.78, 5) is 29.9. The normalized spacial score (nSPS) is 15.6. The molecule has 4 heterocycles. The highest BCUT2D eigenvalue weighted by Gasteiger charge is 2.25. The number of nitrogens with zero attached hydrogens (tertiary/aromatic N) is 5. The second kappa shape index (κ2) is 9.23. The lowest BCUT2D eigenvalue weighted by Gasteiger charge is -2.18. The first-order chi connectivity index (χ1) is 16.8. The number of carbonyl (C=O) groups is 1. The minimum absolute atomic E-state index is 0.0178. The standard InChI is InChI=1S/C24H26FN7O2S/c1-13-12-26-21-20-14-5-8-18(28-15(14)6-7-16(20)35-22(21)23(33)27-13)32(4)19-11-17(25)29-24(30-19)34-10-9-31(2)3/h5-8,11,13,26H,9-10,12H2,1-4H3,(H,27,33)/t13-/m1/s1. The number of fused-ring (bicyclic) bond motifs is 5. The van der Waals surface area contributed by atoms with Gasteiger partial charge >= 0.3 is 6.01 Å². The van der Waals surface area contributed by atoms with Gasteiger partial charge in [-0.15, -0.1) is 11.3 Å². The van der Waals surface area contributed by atoms with Gasteiger partial charge in [-0.05, 0) is 45.3 Å². The Kier molecular flexibility index (Phi) is 6.12. The smallest absolute Gasteiger partial charge is 0.321 e. The van der Waals surface area contributed by atoms with Crippen LogP contribution < -0.4 is 20.3 Å². The lowest BCUT2D eigenvalue weighted by molar-refractivity contribution is 0.0949. The number of ether oxygens (including phenoxy) is 1. The van der Waals surface area contributed by atoms with Crippen LogP contribution >= 0.6 is 11.3 Å². The number of amides is 1. The minimum atomic E-state index is -0.677. The van der Waals surface area contributed by atoms with Crippen LogP contribution in [0.3, 0.4) is 0 Å². The van der Waals surface area contributed by atoms with Gasteiger partial charge in [0.1, 0.15) is 23.1 Å². The Balaban J connectivity index is 1.50. The molecule has 5 rings (SSSR count). The average Bonchev–Trinajstić information content (AvgIpc) is 3.14. The van der Waals surface area contributed by atoms with Gasteiger partial charge in [0.2, 0.25) is 5.95 Å². The number of hydrogen-bond donors (Lipinski definition) is 2. The summed E-state index contributed by atoms with van der Waals surface area (Å²) in [5.41, 5.74) is 1.61. The van der Waals surface area contributed by atoms with Gasteiger partial charge in [-0.1, -0.05) is 0 Å². The predicted octanol–water partition coefficient (Wildman–Crippen LogP) is 3.63. The fraction of sp³-hybridized carbons (Fsp3) is 0.333. The zero-order valence-electron chi connectivity index (χ0n) is 19.9. The highest BCUT2D eigenvalue weighted by atomic mass is 32.1. The Labute approximate surface area is 205 Å². The van der Waals surface area contributed by atoms with Crippen LogP contribution in [0.4, 0.5) is 21.7 Å². The number of rotatable bonds is 6. The van der Waals surface area contributed by atoms with Crippen LogP contribution in [0, 0.1) is 5.95 Å². The van der Waals surface area contributed by atoms with Crippen LogP contribution in [0.1, 0.15) is 16.6 Å². The third-order valence-corrected chi connectivity index (χ3v) is 6.95. The first-order valence-electron chi connectivity index (χ1n) is 11.3. The van der Waals surface area contributed by atoms with Crippen LogP contribution in [-0.4, -0.2) is 72.6 Å². The molecule has 0 bridgehead atoms. The molecule has 182 valence electrons. The molecule has 1 atom stereocenters. The second-order valence-electron chi connectivity index (χ2n) is 8.78. The Morgan fingerprint density at radius 1 is 1.14 bits per heavy atom. The van der Waals surface area contributed by atoms with E-state index < -0.39 is 5.95 Å². The van der Waals surface area contributed by atoms with Crippen molar-refractivity contribution < 1.29 is 13.9 Å². The molecule has 0 saturated heterocycles. The lowest BCUT2D eigenvalue weighted by Crippen LogP contribution is -2.34. The van der Waals surface area contributed by atoms with E-state index in [-0.39, 0.29) is 18.0 Å². The fourth-order valence-corrected chi connectivity index (χ4v) is 5.06. The molecular formula is C24H26FN7O2S. The monoisotopic (exact) mass is 495 g/mol.